The monoisotopic (exact) mass is 546 g/mol. The predicted octanol–water partition coefficient (Wildman–Crippen LogP) is 5.05. The first kappa shape index (κ1) is 25.3. The molecule has 1 amide bonds. The third-order valence-corrected chi connectivity index (χ3v) is 7.33. The zero-order chi connectivity index (χ0) is 26.0. The van der Waals surface area contributed by atoms with E-state index in [4.69, 9.17) is 32.8 Å². The number of halogens is 6. The number of alkyl halides is 3. The van der Waals surface area contributed by atoms with Gasteiger partial charge >= 0.3 is 6.18 Å². The van der Waals surface area contributed by atoms with Gasteiger partial charge < -0.3 is 19.6 Å². The van der Waals surface area contributed by atoms with Crippen LogP contribution in [0.15, 0.2) is 35.5 Å². The highest BCUT2D eigenvalue weighted by molar-refractivity contribution is 6.35. The van der Waals surface area contributed by atoms with Crippen molar-refractivity contribution < 1.29 is 37.0 Å². The number of fused-ring (bicyclic) bond motifs is 2. The Morgan fingerprint density at radius 3 is 2.50 bits per heavy atom. The zero-order valence-corrected chi connectivity index (χ0v) is 20.3. The van der Waals surface area contributed by atoms with Gasteiger partial charge in [0.25, 0.3) is 5.60 Å². The average molecular weight is 547 g/mol. The predicted molar refractivity (Wildman–Crippen MR) is 122 cm³/mol. The van der Waals surface area contributed by atoms with E-state index in [0.29, 0.717) is 18.7 Å². The minimum absolute atomic E-state index is 0.0210. The highest BCUT2D eigenvalue weighted by Crippen LogP contribution is 2.50. The number of likely N-dealkylation sites (tertiary alicyclic amines) is 1. The quantitative estimate of drug-likeness (QED) is 0.430. The summed E-state index contributed by atoms with van der Waals surface area (Å²) in [5.41, 5.74) is -1.91. The lowest BCUT2D eigenvalue weighted by Gasteiger charge is -2.47. The Hall–Kier alpha value is -2.40. The lowest BCUT2D eigenvalue weighted by atomic mass is 9.83. The molecule has 3 aliphatic rings. The first-order valence-corrected chi connectivity index (χ1v) is 11.8. The first-order chi connectivity index (χ1) is 16.8. The van der Waals surface area contributed by atoms with E-state index in [1.807, 2.05) is 0 Å². The third kappa shape index (κ3) is 3.95. The summed E-state index contributed by atoms with van der Waals surface area (Å²) < 4.78 is 62.6. The van der Waals surface area contributed by atoms with Crippen molar-refractivity contribution in [2.24, 2.45) is 5.16 Å². The van der Waals surface area contributed by atoms with Crippen molar-refractivity contribution in [1.82, 2.24) is 4.90 Å². The molecule has 0 saturated carbocycles. The molecule has 12 heteroatoms. The number of oxime groups is 1. The fourth-order valence-corrected chi connectivity index (χ4v) is 5.36. The van der Waals surface area contributed by atoms with Gasteiger partial charge in [0.2, 0.25) is 5.91 Å². The number of nitrogens with zero attached hydrogens (tertiary/aromatic N) is 2. The minimum atomic E-state index is -4.90. The number of rotatable bonds is 4. The van der Waals surface area contributed by atoms with Crippen molar-refractivity contribution in [2.45, 2.75) is 49.9 Å². The molecular formula is C24H20Cl2F4N2O4. The van der Waals surface area contributed by atoms with Gasteiger partial charge in [0.15, 0.2) is 5.82 Å². The molecule has 1 spiro atoms. The van der Waals surface area contributed by atoms with Crippen molar-refractivity contribution in [3.05, 3.63) is 68.4 Å². The standard InChI is InChI=1S/C24H20Cl2F4N2O4/c1-12(33)4-20(34)32-10-22(11-32)16-3-2-13(5-14(16)9-35-22)19-8-23(36-31-19,24(28,29)30)15-6-17(25)21(27)18(26)7-15/h2-3,5-7,12,33H,4,8-11H2,1H3. The van der Waals surface area contributed by atoms with Gasteiger partial charge in [-0.05, 0) is 41.8 Å². The number of carbonyl (C=O) groups excluding carboxylic acids is 1. The van der Waals surface area contributed by atoms with Crippen molar-refractivity contribution in [3.63, 3.8) is 0 Å². The fourth-order valence-electron chi connectivity index (χ4n) is 4.87. The summed E-state index contributed by atoms with van der Waals surface area (Å²) in [5.74, 6) is -1.19. The molecule has 5 rings (SSSR count). The number of amides is 1. The number of hydrogen-bond donors (Lipinski definition) is 1. The van der Waals surface area contributed by atoms with Gasteiger partial charge in [-0.25, -0.2) is 4.39 Å². The van der Waals surface area contributed by atoms with Crippen LogP contribution in [0.2, 0.25) is 10.0 Å². The van der Waals surface area contributed by atoms with Gasteiger partial charge in [-0.1, -0.05) is 40.5 Å². The highest BCUT2D eigenvalue weighted by Gasteiger charge is 2.62. The molecule has 6 nitrogen and oxygen atoms in total. The van der Waals surface area contributed by atoms with Crippen LogP contribution < -0.4 is 0 Å². The summed E-state index contributed by atoms with van der Waals surface area (Å²) in [6.07, 6.45) is -6.29. The van der Waals surface area contributed by atoms with Crippen molar-refractivity contribution in [1.29, 1.82) is 0 Å². The molecule has 0 aliphatic carbocycles. The molecule has 36 heavy (non-hydrogen) atoms. The Bertz CT molecular complexity index is 1250. The Morgan fingerprint density at radius 2 is 1.89 bits per heavy atom. The van der Waals surface area contributed by atoms with Gasteiger partial charge in [-0.15, -0.1) is 0 Å². The van der Waals surface area contributed by atoms with Crippen molar-refractivity contribution in [2.75, 3.05) is 13.1 Å². The Kier molecular flexibility index (Phi) is 6.02. The van der Waals surface area contributed by atoms with Gasteiger partial charge in [0.05, 0.1) is 48.0 Å². The molecule has 1 saturated heterocycles. The van der Waals surface area contributed by atoms with Gasteiger partial charge in [-0.3, -0.25) is 4.79 Å². The third-order valence-electron chi connectivity index (χ3n) is 6.78. The molecule has 2 atom stereocenters. The summed E-state index contributed by atoms with van der Waals surface area (Å²) in [6.45, 7) is 2.43. The van der Waals surface area contributed by atoms with Crippen LogP contribution in [0, 0.1) is 5.82 Å². The summed E-state index contributed by atoms with van der Waals surface area (Å²) in [6, 6.07) is 6.78. The number of carbonyl (C=O) groups is 1. The van der Waals surface area contributed by atoms with Crippen LogP contribution in [0.1, 0.15) is 42.0 Å². The highest BCUT2D eigenvalue weighted by atomic mass is 35.5. The van der Waals surface area contributed by atoms with Crippen LogP contribution in [0.25, 0.3) is 0 Å². The lowest BCUT2D eigenvalue weighted by Crippen LogP contribution is -2.61. The molecule has 2 aromatic carbocycles. The van der Waals surface area contributed by atoms with Crippen molar-refractivity contribution in [3.8, 4) is 0 Å². The van der Waals surface area contributed by atoms with E-state index in [1.165, 1.54) is 0 Å². The largest absolute Gasteiger partial charge is 0.435 e. The Morgan fingerprint density at radius 1 is 1.22 bits per heavy atom. The molecular weight excluding hydrogens is 527 g/mol. The summed E-state index contributed by atoms with van der Waals surface area (Å²) in [4.78, 5) is 18.8. The molecule has 2 aromatic rings. The van der Waals surface area contributed by atoms with E-state index >= 15 is 0 Å². The summed E-state index contributed by atoms with van der Waals surface area (Å²) in [7, 11) is 0. The zero-order valence-electron chi connectivity index (χ0n) is 18.8. The van der Waals surface area contributed by atoms with E-state index in [9.17, 15) is 27.5 Å². The van der Waals surface area contributed by atoms with Crippen LogP contribution in [0.3, 0.4) is 0 Å². The molecule has 0 bridgehead atoms. The SMILES string of the molecule is CC(O)CC(=O)N1CC2(C1)OCc1cc(C3=NOC(c4cc(Cl)c(F)c(Cl)c4)(C(F)(F)F)C3)ccc12. The van der Waals surface area contributed by atoms with E-state index in [2.05, 4.69) is 5.16 Å². The molecule has 1 N–H and O–H groups in total. The number of hydrogen-bond acceptors (Lipinski definition) is 5. The van der Waals surface area contributed by atoms with Crippen LogP contribution in [0.4, 0.5) is 17.6 Å². The number of aliphatic hydroxyl groups is 1. The molecule has 0 radical (unpaired) electrons. The number of benzene rings is 2. The fraction of sp³-hybridized carbons (Fsp3) is 0.417. The van der Waals surface area contributed by atoms with Crippen molar-refractivity contribution >= 4 is 34.8 Å². The maximum atomic E-state index is 14.3. The number of ether oxygens (including phenoxy) is 1. The van der Waals surface area contributed by atoms with E-state index in [1.54, 1.807) is 30.0 Å². The van der Waals surface area contributed by atoms with Crippen LogP contribution in [-0.4, -0.2) is 47.0 Å². The van der Waals surface area contributed by atoms with Gasteiger partial charge in [0.1, 0.15) is 5.60 Å². The Balaban J connectivity index is 1.39. The van der Waals surface area contributed by atoms with Crippen LogP contribution >= 0.6 is 23.2 Å². The second kappa shape index (κ2) is 8.58. The normalized spacial score (nSPS) is 23.2. The maximum absolute atomic E-state index is 14.3. The molecule has 0 aromatic heterocycles. The minimum Gasteiger partial charge on any atom is -0.393 e. The van der Waals surface area contributed by atoms with E-state index < -0.39 is 51.3 Å². The van der Waals surface area contributed by atoms with Gasteiger partial charge in [0, 0.05) is 12.0 Å². The molecule has 3 heterocycles. The van der Waals surface area contributed by atoms with Crippen LogP contribution in [-0.2, 0) is 32.2 Å². The average Bonchev–Trinajstić information content (AvgIpc) is 3.38. The summed E-state index contributed by atoms with van der Waals surface area (Å²) in [5, 5.41) is 12.1. The summed E-state index contributed by atoms with van der Waals surface area (Å²) >= 11 is 11.5. The molecule has 1 fully saturated rings. The van der Waals surface area contributed by atoms with Crippen LogP contribution in [0.5, 0.6) is 0 Å². The second-order valence-corrected chi connectivity index (χ2v) is 10.2. The topological polar surface area (TPSA) is 71.4 Å². The molecule has 2 unspecified atom stereocenters. The number of aliphatic hydroxyl groups excluding tert-OH is 1. The van der Waals surface area contributed by atoms with Gasteiger partial charge in [-0.2, -0.15) is 13.2 Å². The first-order valence-electron chi connectivity index (χ1n) is 11.1. The maximum Gasteiger partial charge on any atom is 0.435 e. The van der Waals surface area contributed by atoms with E-state index in [-0.39, 0.29) is 24.6 Å². The smallest absolute Gasteiger partial charge is 0.393 e. The molecule has 3 aliphatic heterocycles. The lowest BCUT2D eigenvalue weighted by molar-refractivity contribution is -0.275. The van der Waals surface area contributed by atoms with E-state index in [0.717, 1.165) is 23.3 Å². The molecule has 192 valence electrons. The second-order valence-electron chi connectivity index (χ2n) is 9.34. The Labute approximate surface area is 213 Å².